The van der Waals surface area contributed by atoms with Gasteiger partial charge in [0, 0.05) is 11.5 Å². The van der Waals surface area contributed by atoms with Gasteiger partial charge in [0.1, 0.15) is 5.76 Å². The molecule has 2 aromatic rings. The zero-order valence-corrected chi connectivity index (χ0v) is 12.8. The van der Waals surface area contributed by atoms with Crippen LogP contribution in [0.5, 0.6) is 0 Å². The Labute approximate surface area is 127 Å². The first-order chi connectivity index (χ1) is 9.29. The van der Waals surface area contributed by atoms with E-state index in [1.807, 2.05) is 20.8 Å². The topological polar surface area (TPSA) is 55.1 Å². The molecular formula is C14H14Cl2N2O2. The Morgan fingerprint density at radius 3 is 2.35 bits per heavy atom. The fourth-order valence-electron chi connectivity index (χ4n) is 1.58. The zero-order chi connectivity index (χ0) is 14.9. The number of nitrogens with zero attached hydrogens (tertiary/aromatic N) is 1. The van der Waals surface area contributed by atoms with Gasteiger partial charge in [0.05, 0.1) is 15.6 Å². The van der Waals surface area contributed by atoms with Crippen molar-refractivity contribution in [2.24, 2.45) is 0 Å². The second-order valence-corrected chi connectivity index (χ2v) is 6.19. The smallest absolute Gasteiger partial charge is 0.259 e. The Hall–Kier alpha value is -1.52. The van der Waals surface area contributed by atoms with E-state index in [0.29, 0.717) is 11.6 Å². The van der Waals surface area contributed by atoms with E-state index in [-0.39, 0.29) is 21.0 Å². The van der Waals surface area contributed by atoms with Gasteiger partial charge in [-0.15, -0.1) is 0 Å². The minimum atomic E-state index is -0.422. The number of anilines is 1. The number of nitrogens with one attached hydrogen (secondary N) is 1. The number of halogens is 2. The fourth-order valence-corrected chi connectivity index (χ4v) is 2.15. The number of carbonyl (C=O) groups excluding carboxylic acids is 1. The first-order valence-electron chi connectivity index (χ1n) is 6.01. The Morgan fingerprint density at radius 2 is 1.85 bits per heavy atom. The molecule has 1 heterocycles. The minimum absolute atomic E-state index is 0.183. The zero-order valence-electron chi connectivity index (χ0n) is 11.3. The highest BCUT2D eigenvalue weighted by Gasteiger charge is 2.21. The van der Waals surface area contributed by atoms with Gasteiger partial charge in [-0.05, 0) is 12.1 Å². The van der Waals surface area contributed by atoms with E-state index in [9.17, 15) is 4.79 Å². The second kappa shape index (κ2) is 5.46. The number of rotatable bonds is 2. The van der Waals surface area contributed by atoms with E-state index in [0.717, 1.165) is 0 Å². The lowest BCUT2D eigenvalue weighted by Crippen LogP contribution is -2.13. The molecule has 0 aliphatic carbocycles. The van der Waals surface area contributed by atoms with E-state index >= 15 is 0 Å². The average molecular weight is 313 g/mol. The van der Waals surface area contributed by atoms with E-state index in [1.54, 1.807) is 24.3 Å². The van der Waals surface area contributed by atoms with Crippen LogP contribution in [0.1, 0.15) is 36.9 Å². The molecule has 1 aromatic carbocycles. The van der Waals surface area contributed by atoms with Crippen LogP contribution < -0.4 is 5.32 Å². The fraction of sp³-hybridized carbons (Fsp3) is 0.286. The van der Waals surface area contributed by atoms with Gasteiger partial charge < -0.3 is 9.84 Å². The van der Waals surface area contributed by atoms with Crippen molar-refractivity contribution in [2.45, 2.75) is 26.2 Å². The number of aromatic nitrogens is 1. The lowest BCUT2D eigenvalue weighted by molar-refractivity contribution is 0.102. The van der Waals surface area contributed by atoms with Gasteiger partial charge in [0.25, 0.3) is 5.91 Å². The van der Waals surface area contributed by atoms with Crippen molar-refractivity contribution in [1.29, 1.82) is 0 Å². The van der Waals surface area contributed by atoms with Crippen LogP contribution in [0, 0.1) is 0 Å². The highest BCUT2D eigenvalue weighted by Crippen LogP contribution is 2.27. The highest BCUT2D eigenvalue weighted by atomic mass is 35.5. The third-order valence-electron chi connectivity index (χ3n) is 2.68. The molecule has 0 spiro atoms. The van der Waals surface area contributed by atoms with Crippen LogP contribution >= 0.6 is 23.2 Å². The van der Waals surface area contributed by atoms with Gasteiger partial charge in [-0.2, -0.15) is 0 Å². The molecule has 6 heteroatoms. The van der Waals surface area contributed by atoms with E-state index in [4.69, 9.17) is 27.7 Å². The van der Waals surface area contributed by atoms with Gasteiger partial charge in [-0.1, -0.05) is 55.2 Å². The number of carbonyl (C=O) groups is 1. The molecule has 0 saturated heterocycles. The maximum atomic E-state index is 12.2. The Morgan fingerprint density at radius 1 is 1.25 bits per heavy atom. The molecule has 0 unspecified atom stereocenters. The monoisotopic (exact) mass is 312 g/mol. The Kier molecular flexibility index (Phi) is 4.06. The summed E-state index contributed by atoms with van der Waals surface area (Å²) in [5.41, 5.74) is 0.0361. The number of hydrogen-bond acceptors (Lipinski definition) is 3. The molecule has 0 fully saturated rings. The maximum absolute atomic E-state index is 12.2. The molecule has 20 heavy (non-hydrogen) atoms. The molecule has 0 saturated carbocycles. The number of benzene rings is 1. The summed E-state index contributed by atoms with van der Waals surface area (Å²) in [6, 6.07) is 6.56. The van der Waals surface area contributed by atoms with Crippen molar-refractivity contribution >= 4 is 34.9 Å². The van der Waals surface area contributed by atoms with Crippen molar-refractivity contribution in [3.63, 3.8) is 0 Å². The molecule has 0 aliphatic heterocycles. The van der Waals surface area contributed by atoms with Gasteiger partial charge in [0.15, 0.2) is 5.82 Å². The van der Waals surface area contributed by atoms with Gasteiger partial charge in [0.2, 0.25) is 0 Å². The average Bonchev–Trinajstić information content (AvgIpc) is 2.76. The van der Waals surface area contributed by atoms with Crippen LogP contribution in [0.2, 0.25) is 10.0 Å². The summed E-state index contributed by atoms with van der Waals surface area (Å²) >= 11 is 12.0. The quantitative estimate of drug-likeness (QED) is 0.886. The Balaban J connectivity index is 2.22. The van der Waals surface area contributed by atoms with Crippen molar-refractivity contribution < 1.29 is 9.32 Å². The number of amides is 1. The molecule has 1 N–H and O–H groups in total. The Bertz CT molecular complexity index is 625. The van der Waals surface area contributed by atoms with Crippen molar-refractivity contribution in [2.75, 3.05) is 5.32 Å². The van der Waals surface area contributed by atoms with Crippen molar-refractivity contribution in [3.05, 3.63) is 45.6 Å². The third-order valence-corrected chi connectivity index (χ3v) is 3.31. The van der Waals surface area contributed by atoms with Gasteiger partial charge in [-0.25, -0.2) is 0 Å². The molecule has 0 radical (unpaired) electrons. The predicted molar refractivity (Wildman–Crippen MR) is 79.6 cm³/mol. The van der Waals surface area contributed by atoms with E-state index < -0.39 is 5.91 Å². The van der Waals surface area contributed by atoms with E-state index in [2.05, 4.69) is 10.5 Å². The highest BCUT2D eigenvalue weighted by molar-refractivity contribution is 6.40. The standard InChI is InChI=1S/C14H14Cl2N2O2/c1-14(2,3)10-7-11(18-20-10)17-13(19)12-8(15)5-4-6-9(12)16/h4-7H,1-3H3,(H,17,18,19). The van der Waals surface area contributed by atoms with Crippen LogP contribution in [0.4, 0.5) is 5.82 Å². The summed E-state index contributed by atoms with van der Waals surface area (Å²) in [4.78, 5) is 12.2. The SMILES string of the molecule is CC(C)(C)c1cc(NC(=O)c2c(Cl)cccc2Cl)no1. The molecule has 2 rings (SSSR count). The van der Waals surface area contributed by atoms with E-state index in [1.165, 1.54) is 0 Å². The molecule has 0 atom stereocenters. The largest absolute Gasteiger partial charge is 0.359 e. The summed E-state index contributed by atoms with van der Waals surface area (Å²) < 4.78 is 5.20. The molecule has 0 aliphatic rings. The van der Waals surface area contributed by atoms with Crippen LogP contribution in [-0.4, -0.2) is 11.1 Å². The molecule has 0 bridgehead atoms. The van der Waals surface area contributed by atoms with Crippen LogP contribution in [-0.2, 0) is 5.41 Å². The van der Waals surface area contributed by atoms with Crippen molar-refractivity contribution in [1.82, 2.24) is 5.16 Å². The minimum Gasteiger partial charge on any atom is -0.359 e. The molecule has 106 valence electrons. The van der Waals surface area contributed by atoms with Crippen LogP contribution in [0.3, 0.4) is 0 Å². The maximum Gasteiger partial charge on any atom is 0.259 e. The van der Waals surface area contributed by atoms with Crippen LogP contribution in [0.15, 0.2) is 28.8 Å². The first kappa shape index (κ1) is 14.9. The first-order valence-corrected chi connectivity index (χ1v) is 6.77. The van der Waals surface area contributed by atoms with Crippen molar-refractivity contribution in [3.8, 4) is 0 Å². The predicted octanol–water partition coefficient (Wildman–Crippen LogP) is 4.53. The lowest BCUT2D eigenvalue weighted by Gasteiger charge is -2.12. The molecule has 4 nitrogen and oxygen atoms in total. The molecule has 1 aromatic heterocycles. The summed E-state index contributed by atoms with van der Waals surface area (Å²) in [5.74, 6) is 0.586. The third kappa shape index (κ3) is 3.14. The number of hydrogen-bond donors (Lipinski definition) is 1. The van der Waals surface area contributed by atoms with Gasteiger partial charge >= 0.3 is 0 Å². The van der Waals surface area contributed by atoms with Crippen LogP contribution in [0.25, 0.3) is 0 Å². The normalized spacial score (nSPS) is 11.4. The summed E-state index contributed by atoms with van der Waals surface area (Å²) in [7, 11) is 0. The molecule has 1 amide bonds. The van der Waals surface area contributed by atoms with Gasteiger partial charge in [-0.3, -0.25) is 4.79 Å². The summed E-state index contributed by atoms with van der Waals surface area (Å²) in [6.45, 7) is 5.97. The summed E-state index contributed by atoms with van der Waals surface area (Å²) in [6.07, 6.45) is 0. The summed E-state index contributed by atoms with van der Waals surface area (Å²) in [5, 5.41) is 7.01. The second-order valence-electron chi connectivity index (χ2n) is 5.38. The lowest BCUT2D eigenvalue weighted by atomic mass is 9.93. The molecular weight excluding hydrogens is 299 g/mol.